The van der Waals surface area contributed by atoms with Crippen molar-refractivity contribution in [1.29, 1.82) is 0 Å². The molecule has 22 heavy (non-hydrogen) atoms. The highest BCUT2D eigenvalue weighted by molar-refractivity contribution is 5.82. The first-order chi connectivity index (χ1) is 10.8. The van der Waals surface area contributed by atoms with Crippen LogP contribution in [0.2, 0.25) is 0 Å². The lowest BCUT2D eigenvalue weighted by Gasteiger charge is -2.28. The highest BCUT2D eigenvalue weighted by Crippen LogP contribution is 2.21. The fourth-order valence-corrected chi connectivity index (χ4v) is 2.76. The Kier molecular flexibility index (Phi) is 4.74. The van der Waals surface area contributed by atoms with Gasteiger partial charge in [0.25, 0.3) is 0 Å². The molecule has 2 aromatic carbocycles. The Balaban J connectivity index is 1.68. The standard InChI is InChI=1S/C19H22N2O/c1-22-19-7-5-6-17(14-19)20-15-16-8-10-18(11-9-16)21-12-3-2-4-13-21/h5-11,14-15H,2-4,12-13H2,1H3. The molecule has 0 spiro atoms. The Bertz CT molecular complexity index is 628. The second kappa shape index (κ2) is 7.12. The van der Waals surface area contributed by atoms with Crippen molar-refractivity contribution in [3.8, 4) is 5.75 Å². The van der Waals surface area contributed by atoms with Gasteiger partial charge in [0.2, 0.25) is 0 Å². The normalized spacial score (nSPS) is 15.2. The Hall–Kier alpha value is -2.29. The number of benzene rings is 2. The predicted octanol–water partition coefficient (Wildman–Crippen LogP) is 4.44. The van der Waals surface area contributed by atoms with Crippen molar-refractivity contribution in [3.63, 3.8) is 0 Å². The minimum absolute atomic E-state index is 0.829. The number of rotatable bonds is 4. The van der Waals surface area contributed by atoms with Crippen LogP contribution in [0.1, 0.15) is 24.8 Å². The molecule has 0 unspecified atom stereocenters. The summed E-state index contributed by atoms with van der Waals surface area (Å²) in [4.78, 5) is 6.97. The average molecular weight is 294 g/mol. The molecule has 114 valence electrons. The van der Waals surface area contributed by atoms with Crippen LogP contribution >= 0.6 is 0 Å². The molecule has 0 aliphatic carbocycles. The summed E-state index contributed by atoms with van der Waals surface area (Å²) in [7, 11) is 1.67. The molecule has 0 N–H and O–H groups in total. The third-order valence-corrected chi connectivity index (χ3v) is 4.03. The number of aliphatic imine (C=N–C) groups is 1. The van der Waals surface area contributed by atoms with E-state index in [9.17, 15) is 0 Å². The number of hydrogen-bond donors (Lipinski definition) is 0. The molecular weight excluding hydrogens is 272 g/mol. The van der Waals surface area contributed by atoms with Gasteiger partial charge in [0.1, 0.15) is 5.75 Å². The third kappa shape index (κ3) is 3.67. The lowest BCUT2D eigenvalue weighted by Crippen LogP contribution is -2.29. The number of piperidine rings is 1. The lowest BCUT2D eigenvalue weighted by atomic mass is 10.1. The predicted molar refractivity (Wildman–Crippen MR) is 92.8 cm³/mol. The van der Waals surface area contributed by atoms with Crippen molar-refractivity contribution in [2.24, 2.45) is 4.99 Å². The van der Waals surface area contributed by atoms with Crippen molar-refractivity contribution in [2.45, 2.75) is 19.3 Å². The smallest absolute Gasteiger partial charge is 0.121 e. The molecule has 0 atom stereocenters. The first kappa shape index (κ1) is 14.6. The molecule has 1 fully saturated rings. The van der Waals surface area contributed by atoms with E-state index in [4.69, 9.17) is 4.74 Å². The molecule has 1 aliphatic heterocycles. The second-order valence-corrected chi connectivity index (χ2v) is 5.60. The molecule has 1 saturated heterocycles. The number of anilines is 1. The van der Waals surface area contributed by atoms with Gasteiger partial charge in [-0.1, -0.05) is 18.2 Å². The summed E-state index contributed by atoms with van der Waals surface area (Å²) in [5.74, 6) is 0.829. The summed E-state index contributed by atoms with van der Waals surface area (Å²) in [5.41, 5.74) is 3.33. The first-order valence-corrected chi connectivity index (χ1v) is 7.88. The van der Waals surface area contributed by atoms with Gasteiger partial charge >= 0.3 is 0 Å². The van der Waals surface area contributed by atoms with Crippen LogP contribution in [0.5, 0.6) is 5.75 Å². The van der Waals surface area contributed by atoms with Gasteiger partial charge in [0, 0.05) is 31.1 Å². The fraction of sp³-hybridized carbons (Fsp3) is 0.316. The van der Waals surface area contributed by atoms with Crippen molar-refractivity contribution in [1.82, 2.24) is 0 Å². The topological polar surface area (TPSA) is 24.8 Å². The van der Waals surface area contributed by atoms with Crippen LogP contribution in [0, 0.1) is 0 Å². The summed E-state index contributed by atoms with van der Waals surface area (Å²) in [5, 5.41) is 0. The molecule has 3 rings (SSSR count). The summed E-state index contributed by atoms with van der Waals surface area (Å²) in [6.07, 6.45) is 5.87. The van der Waals surface area contributed by atoms with Crippen LogP contribution in [-0.2, 0) is 0 Å². The maximum atomic E-state index is 5.21. The van der Waals surface area contributed by atoms with Crippen LogP contribution in [0.25, 0.3) is 0 Å². The quantitative estimate of drug-likeness (QED) is 0.779. The first-order valence-electron chi connectivity index (χ1n) is 7.88. The second-order valence-electron chi connectivity index (χ2n) is 5.60. The summed E-state index contributed by atoms with van der Waals surface area (Å²) < 4.78 is 5.21. The van der Waals surface area contributed by atoms with E-state index in [2.05, 4.69) is 34.2 Å². The van der Waals surface area contributed by atoms with Crippen molar-refractivity contribution < 1.29 is 4.74 Å². The Morgan fingerprint density at radius 1 is 1.00 bits per heavy atom. The van der Waals surface area contributed by atoms with Gasteiger partial charge in [-0.2, -0.15) is 0 Å². The minimum Gasteiger partial charge on any atom is -0.497 e. The molecule has 0 bridgehead atoms. The summed E-state index contributed by atoms with van der Waals surface area (Å²) >= 11 is 0. The molecule has 1 aliphatic rings. The van der Waals surface area contributed by atoms with E-state index < -0.39 is 0 Å². The highest BCUT2D eigenvalue weighted by atomic mass is 16.5. The van der Waals surface area contributed by atoms with E-state index in [1.165, 1.54) is 38.0 Å². The van der Waals surface area contributed by atoms with Crippen molar-refractivity contribution in [2.75, 3.05) is 25.1 Å². The largest absolute Gasteiger partial charge is 0.497 e. The van der Waals surface area contributed by atoms with E-state index in [-0.39, 0.29) is 0 Å². The van der Waals surface area contributed by atoms with Gasteiger partial charge in [-0.25, -0.2) is 0 Å². The molecule has 0 amide bonds. The Labute approximate surface area is 132 Å². The molecule has 3 nitrogen and oxygen atoms in total. The molecule has 3 heteroatoms. The lowest BCUT2D eigenvalue weighted by molar-refractivity contribution is 0.415. The maximum absolute atomic E-state index is 5.21. The highest BCUT2D eigenvalue weighted by Gasteiger charge is 2.10. The van der Waals surface area contributed by atoms with Crippen LogP contribution < -0.4 is 9.64 Å². The summed E-state index contributed by atoms with van der Waals surface area (Å²) in [6, 6.07) is 16.4. The van der Waals surface area contributed by atoms with Gasteiger partial charge in [0.15, 0.2) is 0 Å². The van der Waals surface area contributed by atoms with Crippen LogP contribution in [-0.4, -0.2) is 26.4 Å². The molecule has 0 radical (unpaired) electrons. The summed E-state index contributed by atoms with van der Waals surface area (Å²) in [6.45, 7) is 2.36. The van der Waals surface area contributed by atoms with Crippen LogP contribution in [0.3, 0.4) is 0 Å². The SMILES string of the molecule is COc1cccc(N=Cc2ccc(N3CCCCC3)cc2)c1. The number of methoxy groups -OCH3 is 1. The third-order valence-electron chi connectivity index (χ3n) is 4.03. The zero-order chi connectivity index (χ0) is 15.2. The van der Waals surface area contributed by atoms with E-state index in [0.717, 1.165) is 17.0 Å². The minimum atomic E-state index is 0.829. The number of ether oxygens (including phenoxy) is 1. The molecular formula is C19H22N2O. The van der Waals surface area contributed by atoms with Crippen molar-refractivity contribution in [3.05, 3.63) is 54.1 Å². The van der Waals surface area contributed by atoms with E-state index in [1.54, 1.807) is 7.11 Å². The van der Waals surface area contributed by atoms with Gasteiger partial charge in [-0.05, 0) is 49.1 Å². The number of nitrogens with zero attached hydrogens (tertiary/aromatic N) is 2. The molecule has 2 aromatic rings. The Morgan fingerprint density at radius 2 is 1.77 bits per heavy atom. The van der Waals surface area contributed by atoms with Gasteiger partial charge in [-0.15, -0.1) is 0 Å². The zero-order valence-corrected chi connectivity index (χ0v) is 13.0. The van der Waals surface area contributed by atoms with E-state index in [1.807, 2.05) is 30.5 Å². The van der Waals surface area contributed by atoms with Gasteiger partial charge < -0.3 is 9.64 Å². The van der Waals surface area contributed by atoms with Crippen molar-refractivity contribution >= 4 is 17.6 Å². The zero-order valence-electron chi connectivity index (χ0n) is 13.0. The van der Waals surface area contributed by atoms with E-state index >= 15 is 0 Å². The Morgan fingerprint density at radius 3 is 2.50 bits per heavy atom. The average Bonchev–Trinajstić information content (AvgIpc) is 2.61. The maximum Gasteiger partial charge on any atom is 0.121 e. The van der Waals surface area contributed by atoms with Gasteiger partial charge in [0.05, 0.1) is 12.8 Å². The van der Waals surface area contributed by atoms with Crippen LogP contribution in [0.15, 0.2) is 53.5 Å². The molecule has 0 saturated carbocycles. The monoisotopic (exact) mass is 294 g/mol. The number of hydrogen-bond acceptors (Lipinski definition) is 3. The molecule has 0 aromatic heterocycles. The fourth-order valence-electron chi connectivity index (χ4n) is 2.76. The van der Waals surface area contributed by atoms with E-state index in [0.29, 0.717) is 0 Å². The van der Waals surface area contributed by atoms with Gasteiger partial charge in [-0.3, -0.25) is 4.99 Å². The molecule has 1 heterocycles. The van der Waals surface area contributed by atoms with Crippen LogP contribution in [0.4, 0.5) is 11.4 Å².